The van der Waals surface area contributed by atoms with E-state index >= 15 is 0 Å². The molecule has 1 fully saturated rings. The molecule has 10 nitrogen and oxygen atoms in total. The van der Waals surface area contributed by atoms with Crippen LogP contribution < -0.4 is 15.5 Å². The number of hydrogen-bond donors (Lipinski definition) is 3. The molecule has 3 N–H and O–H groups in total. The number of morpholine rings is 1. The highest BCUT2D eigenvalue weighted by Crippen LogP contribution is 2.38. The number of benzene rings is 2. The van der Waals surface area contributed by atoms with Crippen LogP contribution in [0.5, 0.6) is 0 Å². The maximum Gasteiger partial charge on any atom is 0.293 e. The van der Waals surface area contributed by atoms with E-state index in [9.17, 15) is 4.79 Å². The SMILES string of the molecule is CNc1nc(C(=O)Nc2cc(-c3cc4ccccc4s3)c3[nH]ncc3c2)nc(N2CCOCC2)n1. The summed E-state index contributed by atoms with van der Waals surface area (Å²) in [7, 11) is 1.71. The number of H-pyrrole nitrogens is 1. The van der Waals surface area contributed by atoms with Crippen molar-refractivity contribution < 1.29 is 9.53 Å². The van der Waals surface area contributed by atoms with Crippen molar-refractivity contribution in [2.45, 2.75) is 0 Å². The first-order chi connectivity index (χ1) is 17.2. The Morgan fingerprint density at radius 3 is 2.77 bits per heavy atom. The van der Waals surface area contributed by atoms with Crippen LogP contribution in [0.4, 0.5) is 17.6 Å². The molecular formula is C24H22N8O2S. The molecular weight excluding hydrogens is 464 g/mol. The Hall–Kier alpha value is -4.09. The van der Waals surface area contributed by atoms with Gasteiger partial charge in [0.05, 0.1) is 24.9 Å². The Labute approximate surface area is 204 Å². The van der Waals surface area contributed by atoms with Gasteiger partial charge < -0.3 is 20.3 Å². The lowest BCUT2D eigenvalue weighted by molar-refractivity contribution is 0.101. The van der Waals surface area contributed by atoms with Crippen LogP contribution in [-0.2, 0) is 4.74 Å². The number of carbonyl (C=O) groups excluding carboxylic acids is 1. The molecule has 0 saturated carbocycles. The molecule has 2 aromatic carbocycles. The van der Waals surface area contributed by atoms with E-state index in [2.05, 4.69) is 54.0 Å². The van der Waals surface area contributed by atoms with E-state index in [1.807, 2.05) is 29.2 Å². The Kier molecular flexibility index (Phi) is 5.47. The molecule has 6 rings (SSSR count). The summed E-state index contributed by atoms with van der Waals surface area (Å²) in [5.74, 6) is 0.419. The maximum absolute atomic E-state index is 13.2. The number of hydrogen-bond acceptors (Lipinski definition) is 9. The molecule has 1 aliphatic heterocycles. The average molecular weight is 487 g/mol. The Balaban J connectivity index is 1.35. The minimum absolute atomic E-state index is 0.0431. The summed E-state index contributed by atoms with van der Waals surface area (Å²) >= 11 is 1.70. The molecule has 0 atom stereocenters. The van der Waals surface area contributed by atoms with Crippen LogP contribution >= 0.6 is 11.3 Å². The predicted octanol–water partition coefficient (Wildman–Crippen LogP) is 3.76. The zero-order chi connectivity index (χ0) is 23.8. The molecule has 1 aliphatic rings. The number of nitrogens with one attached hydrogen (secondary N) is 3. The molecule has 4 heterocycles. The summed E-state index contributed by atoms with van der Waals surface area (Å²) in [5.41, 5.74) is 2.52. The normalized spacial score (nSPS) is 13.9. The van der Waals surface area contributed by atoms with Crippen molar-refractivity contribution in [2.24, 2.45) is 0 Å². The number of amides is 1. The van der Waals surface area contributed by atoms with Crippen LogP contribution in [0.25, 0.3) is 31.4 Å². The lowest BCUT2D eigenvalue weighted by Crippen LogP contribution is -2.38. The van der Waals surface area contributed by atoms with E-state index in [0.717, 1.165) is 21.3 Å². The lowest BCUT2D eigenvalue weighted by Gasteiger charge is -2.26. The standard InChI is InChI=1S/C24H22N8O2S/c1-25-23-28-21(29-24(30-23)32-6-8-34-9-7-32)22(33)27-16-10-15-13-26-31-20(15)17(12-16)19-11-14-4-2-3-5-18(14)35-19/h2-5,10-13H,6-9H2,1H3,(H,26,31)(H,27,33)(H,25,28,29,30). The topological polar surface area (TPSA) is 121 Å². The molecule has 0 aliphatic carbocycles. The fourth-order valence-corrected chi connectivity index (χ4v) is 5.19. The second-order valence-electron chi connectivity index (χ2n) is 8.09. The Morgan fingerprint density at radius 1 is 1.09 bits per heavy atom. The first kappa shape index (κ1) is 21.4. The molecule has 176 valence electrons. The molecule has 0 radical (unpaired) electrons. The van der Waals surface area contributed by atoms with Crippen LogP contribution in [0.1, 0.15) is 10.6 Å². The van der Waals surface area contributed by atoms with Crippen LogP contribution in [0.15, 0.2) is 48.7 Å². The molecule has 1 amide bonds. The minimum Gasteiger partial charge on any atom is -0.378 e. The summed E-state index contributed by atoms with van der Waals surface area (Å²) in [5, 5.41) is 15.3. The van der Waals surface area contributed by atoms with Gasteiger partial charge in [0.2, 0.25) is 17.7 Å². The van der Waals surface area contributed by atoms with Crippen molar-refractivity contribution in [2.75, 3.05) is 48.9 Å². The summed E-state index contributed by atoms with van der Waals surface area (Å²) < 4.78 is 6.61. The lowest BCUT2D eigenvalue weighted by atomic mass is 10.1. The molecule has 5 aromatic rings. The van der Waals surface area contributed by atoms with Gasteiger partial charge in [-0.3, -0.25) is 9.89 Å². The van der Waals surface area contributed by atoms with Crippen molar-refractivity contribution in [3.63, 3.8) is 0 Å². The van der Waals surface area contributed by atoms with Crippen molar-refractivity contribution in [1.82, 2.24) is 25.1 Å². The zero-order valence-electron chi connectivity index (χ0n) is 18.9. The number of carbonyl (C=O) groups is 1. The fourth-order valence-electron chi connectivity index (χ4n) is 4.11. The third-order valence-corrected chi connectivity index (χ3v) is 6.99. The Morgan fingerprint density at radius 2 is 1.94 bits per heavy atom. The van der Waals surface area contributed by atoms with E-state index < -0.39 is 5.91 Å². The first-order valence-electron chi connectivity index (χ1n) is 11.2. The number of nitrogens with zero attached hydrogens (tertiary/aromatic N) is 5. The maximum atomic E-state index is 13.2. The molecule has 11 heteroatoms. The second-order valence-corrected chi connectivity index (χ2v) is 9.18. The minimum atomic E-state index is -0.413. The van der Waals surface area contributed by atoms with Gasteiger partial charge in [-0.1, -0.05) is 18.2 Å². The van der Waals surface area contributed by atoms with Gasteiger partial charge >= 0.3 is 0 Å². The number of aromatic amines is 1. The number of anilines is 3. The molecule has 0 spiro atoms. The summed E-state index contributed by atoms with van der Waals surface area (Å²) in [6, 6.07) is 14.2. The molecule has 3 aromatic heterocycles. The van der Waals surface area contributed by atoms with Crippen LogP contribution in [-0.4, -0.2) is 64.4 Å². The van der Waals surface area contributed by atoms with Gasteiger partial charge in [-0.05, 0) is 29.7 Å². The predicted molar refractivity (Wildman–Crippen MR) is 137 cm³/mol. The van der Waals surface area contributed by atoms with Gasteiger partial charge in [0.1, 0.15) is 0 Å². The number of ether oxygens (including phenoxy) is 1. The number of thiophene rings is 1. The molecule has 0 unspecified atom stereocenters. The summed E-state index contributed by atoms with van der Waals surface area (Å²) in [6.07, 6.45) is 1.75. The quantitative estimate of drug-likeness (QED) is 0.343. The summed E-state index contributed by atoms with van der Waals surface area (Å²) in [6.45, 7) is 2.49. The van der Waals surface area contributed by atoms with Gasteiger partial charge in [0.15, 0.2) is 0 Å². The molecule has 35 heavy (non-hydrogen) atoms. The monoisotopic (exact) mass is 486 g/mol. The van der Waals surface area contributed by atoms with Gasteiger partial charge in [-0.2, -0.15) is 20.1 Å². The van der Waals surface area contributed by atoms with Crippen molar-refractivity contribution in [3.05, 3.63) is 54.5 Å². The van der Waals surface area contributed by atoms with Crippen molar-refractivity contribution in [1.29, 1.82) is 0 Å². The van der Waals surface area contributed by atoms with Gasteiger partial charge in [0.25, 0.3) is 5.91 Å². The van der Waals surface area contributed by atoms with Crippen molar-refractivity contribution >= 4 is 55.8 Å². The highest BCUT2D eigenvalue weighted by molar-refractivity contribution is 7.22. The first-order valence-corrected chi connectivity index (χ1v) is 12.0. The average Bonchev–Trinajstić information content (AvgIpc) is 3.55. The second kappa shape index (κ2) is 8.93. The number of aromatic nitrogens is 5. The smallest absolute Gasteiger partial charge is 0.293 e. The highest BCUT2D eigenvalue weighted by Gasteiger charge is 2.20. The van der Waals surface area contributed by atoms with E-state index in [0.29, 0.717) is 43.9 Å². The van der Waals surface area contributed by atoms with E-state index in [1.165, 1.54) is 10.1 Å². The van der Waals surface area contributed by atoms with Crippen LogP contribution in [0, 0.1) is 0 Å². The van der Waals surface area contributed by atoms with Gasteiger partial charge in [-0.15, -0.1) is 11.3 Å². The third-order valence-electron chi connectivity index (χ3n) is 5.84. The van der Waals surface area contributed by atoms with E-state index in [1.54, 1.807) is 24.6 Å². The highest BCUT2D eigenvalue weighted by atomic mass is 32.1. The van der Waals surface area contributed by atoms with E-state index in [4.69, 9.17) is 4.74 Å². The van der Waals surface area contributed by atoms with Gasteiger partial charge in [0, 0.05) is 46.4 Å². The zero-order valence-corrected chi connectivity index (χ0v) is 19.7. The van der Waals surface area contributed by atoms with E-state index in [-0.39, 0.29) is 5.82 Å². The van der Waals surface area contributed by atoms with Crippen LogP contribution in [0.3, 0.4) is 0 Å². The number of fused-ring (bicyclic) bond motifs is 2. The van der Waals surface area contributed by atoms with Crippen molar-refractivity contribution in [3.8, 4) is 10.4 Å². The third kappa shape index (κ3) is 4.15. The molecule has 1 saturated heterocycles. The Bertz CT molecular complexity index is 1510. The largest absolute Gasteiger partial charge is 0.378 e. The molecule has 0 bridgehead atoms. The summed E-state index contributed by atoms with van der Waals surface area (Å²) in [4.78, 5) is 29.4. The van der Waals surface area contributed by atoms with Crippen LogP contribution in [0.2, 0.25) is 0 Å². The number of rotatable bonds is 5. The fraction of sp³-hybridized carbons (Fsp3) is 0.208. The van der Waals surface area contributed by atoms with Gasteiger partial charge in [-0.25, -0.2) is 0 Å².